The quantitative estimate of drug-likeness (QED) is 0.533. The number of nitro groups is 1. The molecule has 1 aliphatic carbocycles. The van der Waals surface area contributed by atoms with Crippen molar-refractivity contribution in [3.63, 3.8) is 0 Å². The van der Waals surface area contributed by atoms with Crippen LogP contribution in [-0.4, -0.2) is 15.9 Å². The molecule has 0 saturated heterocycles. The Morgan fingerprint density at radius 1 is 1.07 bits per heavy atom. The minimum atomic E-state index is -0.538. The highest BCUT2D eigenvalue weighted by Gasteiger charge is 2.31. The van der Waals surface area contributed by atoms with Crippen molar-refractivity contribution in [2.75, 3.05) is 0 Å². The van der Waals surface area contributed by atoms with Crippen LogP contribution in [0.25, 0.3) is 6.08 Å². The van der Waals surface area contributed by atoms with Gasteiger partial charge in [0.05, 0.1) is 11.0 Å². The number of amides is 1. The summed E-state index contributed by atoms with van der Waals surface area (Å²) in [6, 6.07) is 13.2. The molecule has 0 aromatic heterocycles. The number of hydrogen-bond donors (Lipinski definition) is 0. The summed E-state index contributed by atoms with van der Waals surface area (Å²) in [6.07, 6.45) is 11.3. The Bertz CT molecular complexity index is 1010. The Hall–Kier alpha value is -3.67. The largest absolute Gasteiger partial charge is 0.420 e. The molecule has 6 nitrogen and oxygen atoms in total. The number of hydrogen-bond acceptors (Lipinski definition) is 4. The molecule has 1 heterocycles. The number of ether oxygens (including phenoxy) is 1. The lowest BCUT2D eigenvalue weighted by atomic mass is 9.88. The van der Waals surface area contributed by atoms with Gasteiger partial charge in [-0.1, -0.05) is 42.5 Å². The van der Waals surface area contributed by atoms with Crippen LogP contribution in [0, 0.1) is 10.1 Å². The molecule has 2 aromatic rings. The molecular formula is C22H18N2O4. The summed E-state index contributed by atoms with van der Waals surface area (Å²) in [5.41, 5.74) is 3.08. The molecule has 2 aromatic carbocycles. The van der Waals surface area contributed by atoms with Crippen molar-refractivity contribution in [1.82, 2.24) is 4.90 Å². The lowest BCUT2D eigenvalue weighted by Crippen LogP contribution is -2.35. The van der Waals surface area contributed by atoms with E-state index >= 15 is 0 Å². The van der Waals surface area contributed by atoms with Gasteiger partial charge >= 0.3 is 6.09 Å². The maximum Gasteiger partial charge on any atom is 0.420 e. The SMILES string of the molecule is O=C(Oc1ccc([N+](=O)[O-])cc1)N1C=Cc2ccccc2C1C1=CCCC=C1. The molecule has 140 valence electrons. The van der Waals surface area contributed by atoms with Gasteiger partial charge in [-0.25, -0.2) is 4.79 Å². The third-order valence-corrected chi connectivity index (χ3v) is 4.79. The number of allylic oxidation sites excluding steroid dienone is 2. The maximum atomic E-state index is 12.9. The van der Waals surface area contributed by atoms with Crippen LogP contribution in [0.2, 0.25) is 0 Å². The van der Waals surface area contributed by atoms with Crippen LogP contribution in [0.15, 0.2) is 78.5 Å². The lowest BCUT2D eigenvalue weighted by Gasteiger charge is -2.34. The first-order valence-electron chi connectivity index (χ1n) is 9.02. The summed E-state index contributed by atoms with van der Waals surface area (Å²) in [6.45, 7) is 0. The van der Waals surface area contributed by atoms with Crippen LogP contribution in [0.3, 0.4) is 0 Å². The topological polar surface area (TPSA) is 72.7 Å². The Kier molecular flexibility index (Phi) is 4.76. The Morgan fingerprint density at radius 2 is 1.86 bits per heavy atom. The van der Waals surface area contributed by atoms with Gasteiger partial charge in [0, 0.05) is 18.3 Å². The number of benzene rings is 2. The lowest BCUT2D eigenvalue weighted by molar-refractivity contribution is -0.384. The standard InChI is InChI=1S/C22H18N2O4/c25-22(28-19-12-10-18(11-13-19)24(26)27)23-15-14-16-6-4-5-9-20(16)21(23)17-7-2-1-3-8-17/h2,4-15,21H,1,3H2. The van der Waals surface area contributed by atoms with Gasteiger partial charge in [0.25, 0.3) is 5.69 Å². The minimum Gasteiger partial charge on any atom is -0.410 e. The average molecular weight is 374 g/mol. The summed E-state index contributed by atoms with van der Waals surface area (Å²) in [7, 11) is 0. The summed E-state index contributed by atoms with van der Waals surface area (Å²) < 4.78 is 5.49. The second-order valence-corrected chi connectivity index (χ2v) is 6.56. The van der Waals surface area contributed by atoms with E-state index in [1.807, 2.05) is 30.3 Å². The van der Waals surface area contributed by atoms with Crippen LogP contribution in [-0.2, 0) is 0 Å². The monoisotopic (exact) mass is 374 g/mol. The molecular weight excluding hydrogens is 356 g/mol. The number of nitrogens with zero attached hydrogens (tertiary/aromatic N) is 2. The van der Waals surface area contributed by atoms with Gasteiger partial charge in [0.15, 0.2) is 0 Å². The van der Waals surface area contributed by atoms with Crippen molar-refractivity contribution in [2.45, 2.75) is 18.9 Å². The van der Waals surface area contributed by atoms with E-state index in [-0.39, 0.29) is 17.5 Å². The molecule has 1 unspecified atom stereocenters. The molecule has 4 rings (SSSR count). The summed E-state index contributed by atoms with van der Waals surface area (Å²) in [4.78, 5) is 24.8. The van der Waals surface area contributed by atoms with E-state index in [0.717, 1.165) is 29.5 Å². The van der Waals surface area contributed by atoms with Crippen LogP contribution >= 0.6 is 0 Å². The Balaban J connectivity index is 1.63. The van der Waals surface area contributed by atoms with E-state index in [1.54, 1.807) is 11.1 Å². The first-order chi connectivity index (χ1) is 13.6. The van der Waals surface area contributed by atoms with Gasteiger partial charge in [0.1, 0.15) is 5.75 Å². The second-order valence-electron chi connectivity index (χ2n) is 6.56. The van der Waals surface area contributed by atoms with Crippen molar-refractivity contribution in [1.29, 1.82) is 0 Å². The number of rotatable bonds is 3. The van der Waals surface area contributed by atoms with Crippen LogP contribution in [0.1, 0.15) is 30.0 Å². The predicted octanol–water partition coefficient (Wildman–Crippen LogP) is 5.40. The van der Waals surface area contributed by atoms with Crippen molar-refractivity contribution in [3.05, 3.63) is 99.8 Å². The molecule has 0 bridgehead atoms. The zero-order valence-electron chi connectivity index (χ0n) is 15.0. The molecule has 0 N–H and O–H groups in total. The molecule has 6 heteroatoms. The van der Waals surface area contributed by atoms with Crippen molar-refractivity contribution in [3.8, 4) is 5.75 Å². The molecule has 2 aliphatic rings. The summed E-state index contributed by atoms with van der Waals surface area (Å²) in [5.74, 6) is 0.259. The number of nitro benzene ring substituents is 1. The van der Waals surface area contributed by atoms with Crippen molar-refractivity contribution < 1.29 is 14.5 Å². The maximum absolute atomic E-state index is 12.9. The fourth-order valence-electron chi connectivity index (χ4n) is 3.44. The highest BCUT2D eigenvalue weighted by Crippen LogP contribution is 2.38. The summed E-state index contributed by atoms with van der Waals surface area (Å²) >= 11 is 0. The Morgan fingerprint density at radius 3 is 2.57 bits per heavy atom. The van der Waals surface area contributed by atoms with Gasteiger partial charge in [-0.15, -0.1) is 0 Å². The van der Waals surface area contributed by atoms with E-state index in [9.17, 15) is 14.9 Å². The van der Waals surface area contributed by atoms with Crippen molar-refractivity contribution >= 4 is 17.9 Å². The first kappa shape index (κ1) is 17.7. The highest BCUT2D eigenvalue weighted by molar-refractivity contribution is 5.77. The normalized spacial score (nSPS) is 17.6. The molecule has 1 aliphatic heterocycles. The zero-order chi connectivity index (χ0) is 19.5. The average Bonchev–Trinajstić information content (AvgIpc) is 2.74. The van der Waals surface area contributed by atoms with Gasteiger partial charge in [-0.2, -0.15) is 0 Å². The molecule has 28 heavy (non-hydrogen) atoms. The van der Waals surface area contributed by atoms with Gasteiger partial charge < -0.3 is 4.74 Å². The number of carbonyl (C=O) groups excluding carboxylic acids is 1. The van der Waals surface area contributed by atoms with Gasteiger partial charge in [-0.3, -0.25) is 15.0 Å². The van der Waals surface area contributed by atoms with Gasteiger partial charge in [0.2, 0.25) is 0 Å². The Labute approximate surface area is 162 Å². The molecule has 0 radical (unpaired) electrons. The second kappa shape index (κ2) is 7.52. The molecule has 0 fully saturated rings. The van der Waals surface area contributed by atoms with E-state index < -0.39 is 11.0 Å². The zero-order valence-corrected chi connectivity index (χ0v) is 15.0. The van der Waals surface area contributed by atoms with Crippen LogP contribution < -0.4 is 4.74 Å². The minimum absolute atomic E-state index is 0.0537. The molecule has 0 saturated carbocycles. The predicted molar refractivity (Wildman–Crippen MR) is 106 cm³/mol. The molecule has 1 amide bonds. The van der Waals surface area contributed by atoms with E-state index in [0.29, 0.717) is 0 Å². The van der Waals surface area contributed by atoms with Gasteiger partial charge in [-0.05, 0) is 47.8 Å². The molecule has 1 atom stereocenters. The van der Waals surface area contributed by atoms with E-state index in [2.05, 4.69) is 18.2 Å². The van der Waals surface area contributed by atoms with Crippen molar-refractivity contribution in [2.24, 2.45) is 0 Å². The third kappa shape index (κ3) is 3.44. The highest BCUT2D eigenvalue weighted by atomic mass is 16.6. The van der Waals surface area contributed by atoms with E-state index in [1.165, 1.54) is 24.3 Å². The number of carbonyl (C=O) groups is 1. The smallest absolute Gasteiger partial charge is 0.410 e. The van der Waals surface area contributed by atoms with Crippen LogP contribution in [0.4, 0.5) is 10.5 Å². The fraction of sp³-hybridized carbons (Fsp3) is 0.136. The number of fused-ring (bicyclic) bond motifs is 1. The first-order valence-corrected chi connectivity index (χ1v) is 9.02. The van der Waals surface area contributed by atoms with E-state index in [4.69, 9.17) is 4.74 Å². The summed E-state index contributed by atoms with van der Waals surface area (Å²) in [5, 5.41) is 10.8. The third-order valence-electron chi connectivity index (χ3n) is 4.79. The van der Waals surface area contributed by atoms with Crippen LogP contribution in [0.5, 0.6) is 5.75 Å². The molecule has 0 spiro atoms. The number of non-ortho nitro benzene ring substituents is 1. The fourth-order valence-corrected chi connectivity index (χ4v) is 3.44.